The first-order chi connectivity index (χ1) is 14.4. The molecule has 0 N–H and O–H groups in total. The average molecular weight is 439 g/mol. The summed E-state index contributed by atoms with van der Waals surface area (Å²) >= 11 is 1.66. The van der Waals surface area contributed by atoms with E-state index in [9.17, 15) is 4.39 Å². The summed E-state index contributed by atoms with van der Waals surface area (Å²) in [5.41, 5.74) is 0.416. The highest BCUT2D eigenvalue weighted by atomic mass is 32.2. The van der Waals surface area contributed by atoms with Crippen molar-refractivity contribution in [3.63, 3.8) is 0 Å². The molecule has 0 aromatic heterocycles. The normalized spacial score (nSPS) is 45.1. The molecule has 2 bridgehead atoms. The van der Waals surface area contributed by atoms with Crippen molar-refractivity contribution in [3.05, 3.63) is 35.6 Å². The number of hydrogen-bond acceptors (Lipinski definition) is 6. The van der Waals surface area contributed by atoms with Crippen LogP contribution in [0.2, 0.25) is 0 Å². The molecule has 4 aliphatic heterocycles. The zero-order valence-electron chi connectivity index (χ0n) is 17.8. The average Bonchev–Trinajstić information content (AvgIpc) is 2.96. The lowest BCUT2D eigenvalue weighted by atomic mass is 9.58. The van der Waals surface area contributed by atoms with Gasteiger partial charge in [0.1, 0.15) is 11.3 Å². The highest BCUT2D eigenvalue weighted by molar-refractivity contribution is 7.99. The zero-order chi connectivity index (χ0) is 20.9. The van der Waals surface area contributed by atoms with Crippen molar-refractivity contribution in [2.75, 3.05) is 5.94 Å². The van der Waals surface area contributed by atoms with Crippen LogP contribution in [0.3, 0.4) is 0 Å². The third kappa shape index (κ3) is 3.51. The van der Waals surface area contributed by atoms with Crippen molar-refractivity contribution >= 4 is 11.8 Å². The number of benzene rings is 1. The fraction of sp³-hybridized carbons (Fsp3) is 0.739. The van der Waals surface area contributed by atoms with Crippen LogP contribution >= 0.6 is 11.8 Å². The van der Waals surface area contributed by atoms with Crippen LogP contribution in [0.15, 0.2) is 24.3 Å². The van der Waals surface area contributed by atoms with Crippen molar-refractivity contribution in [2.24, 2.45) is 23.7 Å². The fourth-order valence-corrected chi connectivity index (χ4v) is 6.90. The topological polar surface area (TPSA) is 46.2 Å². The first-order valence-electron chi connectivity index (χ1n) is 11.1. The van der Waals surface area contributed by atoms with E-state index in [1.807, 2.05) is 6.92 Å². The lowest BCUT2D eigenvalue weighted by Crippen LogP contribution is -2.70. The van der Waals surface area contributed by atoms with Gasteiger partial charge in [-0.2, -0.15) is 0 Å². The van der Waals surface area contributed by atoms with Gasteiger partial charge < -0.3 is 14.2 Å². The smallest absolute Gasteiger partial charge is 0.201 e. The van der Waals surface area contributed by atoms with Crippen molar-refractivity contribution in [3.8, 4) is 0 Å². The Labute approximate surface area is 181 Å². The monoisotopic (exact) mass is 438 g/mol. The van der Waals surface area contributed by atoms with E-state index in [0.29, 0.717) is 36.2 Å². The predicted molar refractivity (Wildman–Crippen MR) is 110 cm³/mol. The summed E-state index contributed by atoms with van der Waals surface area (Å²) in [6.45, 7) is 6.98. The summed E-state index contributed by atoms with van der Waals surface area (Å²) in [5.74, 6) is 1.10. The quantitative estimate of drug-likeness (QED) is 0.356. The van der Waals surface area contributed by atoms with Crippen molar-refractivity contribution in [1.82, 2.24) is 0 Å². The van der Waals surface area contributed by atoms with Crippen LogP contribution in [0.25, 0.3) is 0 Å². The number of rotatable bonds is 5. The van der Waals surface area contributed by atoms with Gasteiger partial charge in [-0.15, -0.1) is 11.8 Å². The maximum Gasteiger partial charge on any atom is 0.201 e. The minimum absolute atomic E-state index is 0.0283. The van der Waals surface area contributed by atoms with E-state index in [4.69, 9.17) is 24.0 Å². The second-order valence-electron chi connectivity index (χ2n) is 9.53. The summed E-state index contributed by atoms with van der Waals surface area (Å²) in [6, 6.07) is 6.42. The van der Waals surface area contributed by atoms with Gasteiger partial charge in [-0.25, -0.2) is 14.2 Å². The van der Waals surface area contributed by atoms with E-state index in [1.54, 1.807) is 23.9 Å². The third-order valence-electron chi connectivity index (χ3n) is 7.59. The lowest BCUT2D eigenvalue weighted by Gasteiger charge is -2.60. The van der Waals surface area contributed by atoms with E-state index in [0.717, 1.165) is 24.8 Å². The largest absolute Gasteiger partial charge is 0.366 e. The third-order valence-corrected chi connectivity index (χ3v) is 8.77. The molecule has 166 valence electrons. The SMILES string of the molecule is C[C@H]1[C@H](SCOCc2ccc(F)cc2)O[C@@H]2O[C@]3(C)CC[C@H]4[C@H](C)CC[C@@H]1[C@@]24OO3. The maximum absolute atomic E-state index is 13.1. The summed E-state index contributed by atoms with van der Waals surface area (Å²) in [7, 11) is 0. The Bertz CT molecular complexity index is 762. The molecule has 0 unspecified atom stereocenters. The van der Waals surface area contributed by atoms with Crippen LogP contribution in [0.4, 0.5) is 4.39 Å². The van der Waals surface area contributed by atoms with Gasteiger partial charge in [-0.1, -0.05) is 26.0 Å². The summed E-state index contributed by atoms with van der Waals surface area (Å²) in [6.07, 6.45) is 3.74. The summed E-state index contributed by atoms with van der Waals surface area (Å²) in [4.78, 5) is 12.0. The summed E-state index contributed by atoms with van der Waals surface area (Å²) < 4.78 is 31.8. The molecule has 1 aliphatic carbocycles. The second kappa shape index (κ2) is 8.01. The molecule has 6 rings (SSSR count). The first kappa shape index (κ1) is 21.2. The molecule has 1 saturated carbocycles. The van der Waals surface area contributed by atoms with Gasteiger partial charge in [0.05, 0.1) is 12.5 Å². The Hall–Kier alpha value is -0.700. The van der Waals surface area contributed by atoms with Gasteiger partial charge in [0, 0.05) is 12.3 Å². The highest BCUT2D eigenvalue weighted by Gasteiger charge is 2.69. The number of ether oxygens (including phenoxy) is 3. The van der Waals surface area contributed by atoms with Gasteiger partial charge in [-0.05, 0) is 61.6 Å². The van der Waals surface area contributed by atoms with Crippen LogP contribution in [0.1, 0.15) is 52.0 Å². The molecular weight excluding hydrogens is 407 g/mol. The van der Waals surface area contributed by atoms with E-state index >= 15 is 0 Å². The minimum Gasteiger partial charge on any atom is -0.366 e. The van der Waals surface area contributed by atoms with E-state index in [2.05, 4.69) is 13.8 Å². The van der Waals surface area contributed by atoms with Crippen LogP contribution in [-0.2, 0) is 30.6 Å². The van der Waals surface area contributed by atoms with Crippen molar-refractivity contribution in [1.29, 1.82) is 0 Å². The molecule has 1 spiro atoms. The van der Waals surface area contributed by atoms with E-state index < -0.39 is 17.7 Å². The van der Waals surface area contributed by atoms with Crippen LogP contribution in [0, 0.1) is 29.5 Å². The second-order valence-corrected chi connectivity index (χ2v) is 10.6. The van der Waals surface area contributed by atoms with Crippen molar-refractivity contribution in [2.45, 2.75) is 76.2 Å². The maximum atomic E-state index is 13.1. The highest BCUT2D eigenvalue weighted by Crippen LogP contribution is 2.61. The van der Waals surface area contributed by atoms with Gasteiger partial charge in [0.15, 0.2) is 11.9 Å². The first-order valence-corrected chi connectivity index (χ1v) is 12.1. The molecule has 5 aliphatic rings. The molecular formula is C23H31FO5S. The van der Waals surface area contributed by atoms with Crippen LogP contribution in [-0.4, -0.2) is 29.1 Å². The molecule has 1 aromatic carbocycles. The Balaban J connectivity index is 1.27. The zero-order valence-corrected chi connectivity index (χ0v) is 18.7. The number of thioether (sulfide) groups is 1. The van der Waals surface area contributed by atoms with Crippen LogP contribution in [0.5, 0.6) is 0 Å². The van der Waals surface area contributed by atoms with Gasteiger partial charge in [0.2, 0.25) is 5.79 Å². The number of hydrogen-bond donors (Lipinski definition) is 0. The lowest BCUT2D eigenvalue weighted by molar-refractivity contribution is -0.568. The molecule has 8 atom stereocenters. The Morgan fingerprint density at radius 2 is 1.90 bits per heavy atom. The minimum atomic E-state index is -0.744. The molecule has 4 saturated heterocycles. The number of fused-ring (bicyclic) bond motifs is 2. The molecule has 7 heteroatoms. The molecule has 4 heterocycles. The van der Waals surface area contributed by atoms with E-state index in [-0.39, 0.29) is 11.3 Å². The molecule has 5 fully saturated rings. The van der Waals surface area contributed by atoms with Gasteiger partial charge in [-0.3, -0.25) is 0 Å². The van der Waals surface area contributed by atoms with Crippen molar-refractivity contribution < 1.29 is 28.4 Å². The summed E-state index contributed by atoms with van der Waals surface area (Å²) in [5, 5.41) is 0. The fourth-order valence-electron chi connectivity index (χ4n) is 5.92. The Morgan fingerprint density at radius 1 is 1.10 bits per heavy atom. The molecule has 0 radical (unpaired) electrons. The van der Waals surface area contributed by atoms with Crippen LogP contribution < -0.4 is 0 Å². The van der Waals surface area contributed by atoms with Gasteiger partial charge in [0.25, 0.3) is 0 Å². The molecule has 0 amide bonds. The van der Waals surface area contributed by atoms with Gasteiger partial charge >= 0.3 is 0 Å². The molecule has 30 heavy (non-hydrogen) atoms. The van der Waals surface area contributed by atoms with E-state index in [1.165, 1.54) is 18.6 Å². The number of halogens is 1. The Kier molecular flexibility index (Phi) is 5.65. The predicted octanol–water partition coefficient (Wildman–Crippen LogP) is 5.24. The molecule has 1 aromatic rings. The molecule has 5 nitrogen and oxygen atoms in total. The Morgan fingerprint density at radius 3 is 2.70 bits per heavy atom. The standard InChI is InChI=1S/C23H31FO5S/c1-14-4-9-19-15(2)20(30-13-25-12-16-5-7-17(24)8-6-16)26-21-23(19)18(14)10-11-22(3,27-21)28-29-23/h5-8,14-15,18-21H,4,9-13H2,1-3H3/t14-,15-,18+,19+,20+,21-,22+,23-/m1/s1.